The second-order valence-electron chi connectivity index (χ2n) is 2.65. The first kappa shape index (κ1) is 10.7. The maximum Gasteiger partial charge on any atom is 0.0488 e. The molecule has 1 atom stereocenters. The van der Waals surface area contributed by atoms with Crippen molar-refractivity contribution in [2.24, 2.45) is 0 Å². The number of benzene rings is 1. The van der Waals surface area contributed by atoms with Gasteiger partial charge in [-0.25, -0.2) is 0 Å². The summed E-state index contributed by atoms with van der Waals surface area (Å²) >= 11 is 2.25. The molecule has 13 heavy (non-hydrogen) atoms. The Morgan fingerprint density at radius 2 is 2.31 bits per heavy atom. The fourth-order valence-corrected chi connectivity index (χ4v) is 2.22. The van der Waals surface area contributed by atoms with E-state index in [1.54, 1.807) is 6.92 Å². The van der Waals surface area contributed by atoms with Crippen LogP contribution in [0.5, 0.6) is 0 Å². The molecular weight excluding hydrogens is 296 g/mol. The lowest BCUT2D eigenvalue weighted by atomic mass is 10.1. The summed E-state index contributed by atoms with van der Waals surface area (Å²) in [5, 5.41) is 10.7. The Morgan fingerprint density at radius 1 is 1.62 bits per heavy atom. The molecule has 3 nitrogen and oxygen atoms in total. The fraction of sp³-hybridized carbons (Fsp3) is 0.125. The Kier molecular flexibility index (Phi) is 3.93. The van der Waals surface area contributed by atoms with Crippen molar-refractivity contribution in [3.8, 4) is 0 Å². The van der Waals surface area contributed by atoms with Gasteiger partial charge in [-0.2, -0.15) is 0 Å². The number of hydrogen-bond acceptors (Lipinski definition) is 3. The van der Waals surface area contributed by atoms with Crippen LogP contribution in [0.25, 0.3) is 0 Å². The molecule has 5 heteroatoms. The minimum atomic E-state index is 0.553. The molecule has 70 valence electrons. The molecule has 0 heterocycles. The van der Waals surface area contributed by atoms with Crippen molar-refractivity contribution in [1.29, 1.82) is 5.41 Å². The average Bonchev–Trinajstić information content (AvgIpc) is 2.04. The molecule has 0 aliphatic carbocycles. The fourth-order valence-electron chi connectivity index (χ4n) is 1.04. The highest BCUT2D eigenvalue weighted by Gasteiger charge is 2.03. The largest absolute Gasteiger partial charge is 0.399 e. The number of nitrogens with one attached hydrogen (secondary N) is 2. The summed E-state index contributed by atoms with van der Waals surface area (Å²) < 4.78 is 0. The second kappa shape index (κ2) is 4.77. The second-order valence-corrected chi connectivity index (χ2v) is 4.71. The van der Waals surface area contributed by atoms with Crippen LogP contribution >= 0.6 is 28.4 Å². The molecule has 0 aromatic heterocycles. The van der Waals surface area contributed by atoms with Crippen molar-refractivity contribution in [2.75, 3.05) is 10.8 Å². The molecule has 0 bridgehead atoms. The molecule has 1 rings (SSSR count). The zero-order valence-electron chi connectivity index (χ0n) is 7.19. The van der Waals surface area contributed by atoms with E-state index in [9.17, 15) is 0 Å². The maximum absolute atomic E-state index is 7.54. The van der Waals surface area contributed by atoms with Crippen molar-refractivity contribution >= 4 is 45.5 Å². The van der Waals surface area contributed by atoms with Gasteiger partial charge in [0, 0.05) is 29.0 Å². The molecule has 0 radical (unpaired) electrons. The number of halogens is 1. The first-order chi connectivity index (χ1) is 6.15. The summed E-state index contributed by atoms with van der Waals surface area (Å²) in [6, 6.07) is 5.55. The van der Waals surface area contributed by atoms with Gasteiger partial charge >= 0.3 is 0 Å². The normalized spacial score (nSPS) is 10.6. The maximum atomic E-state index is 7.54. The minimum absolute atomic E-state index is 0.553. The zero-order valence-corrected chi connectivity index (χ0v) is 10.3. The molecule has 0 spiro atoms. The predicted molar refractivity (Wildman–Crippen MR) is 69.3 cm³/mol. The molecule has 0 aliphatic heterocycles. The lowest BCUT2D eigenvalue weighted by Crippen LogP contribution is -1.98. The summed E-state index contributed by atoms with van der Waals surface area (Å²) in [5.74, 6) is 0. The number of nitrogens with two attached hydrogens (primary N) is 1. The molecule has 1 aromatic rings. The molecule has 0 saturated heterocycles. The van der Waals surface area contributed by atoms with Gasteiger partial charge in [-0.1, -0.05) is 0 Å². The van der Waals surface area contributed by atoms with Crippen LogP contribution < -0.4 is 10.8 Å². The summed E-state index contributed by atoms with van der Waals surface area (Å²) in [6.07, 6.45) is 0.588. The van der Waals surface area contributed by atoms with Crippen molar-refractivity contribution in [2.45, 2.75) is 6.92 Å². The van der Waals surface area contributed by atoms with Crippen LogP contribution in [0.15, 0.2) is 18.2 Å². The van der Waals surface area contributed by atoms with E-state index in [1.165, 1.54) is 0 Å². The number of nitrogen functional groups attached to an aromatic ring is 1. The highest BCUT2D eigenvalue weighted by molar-refractivity contribution is 14.2. The first-order valence-electron chi connectivity index (χ1n) is 3.72. The van der Waals surface area contributed by atoms with Gasteiger partial charge in [-0.15, -0.1) is 0 Å². The molecule has 0 aliphatic rings. The van der Waals surface area contributed by atoms with Gasteiger partial charge < -0.3 is 16.2 Å². The lowest BCUT2D eigenvalue weighted by Gasteiger charge is -2.09. The molecular formula is C8H11IN3P. The topological polar surface area (TPSA) is 61.9 Å². The van der Waals surface area contributed by atoms with E-state index in [1.807, 2.05) is 18.2 Å². The van der Waals surface area contributed by atoms with E-state index >= 15 is 0 Å². The highest BCUT2D eigenvalue weighted by atomic mass is 127. The van der Waals surface area contributed by atoms with Gasteiger partial charge in [0.05, 0.1) is 0 Å². The standard InChI is InChI=1S/C8H11IN3P/c1-5(10)7-3-2-6(11)4-8(7)12-13-9/h2-4,10,12-13H,11H2,1H3. The van der Waals surface area contributed by atoms with Crippen LogP contribution in [0.1, 0.15) is 12.5 Å². The lowest BCUT2D eigenvalue weighted by molar-refractivity contribution is 1.46. The van der Waals surface area contributed by atoms with Gasteiger partial charge in [0.15, 0.2) is 0 Å². The predicted octanol–water partition coefficient (Wildman–Crippen LogP) is 3.01. The van der Waals surface area contributed by atoms with E-state index in [0.717, 1.165) is 16.9 Å². The van der Waals surface area contributed by atoms with E-state index in [4.69, 9.17) is 11.1 Å². The summed E-state index contributed by atoms with van der Waals surface area (Å²) in [7, 11) is 0. The first-order valence-corrected chi connectivity index (χ1v) is 7.83. The van der Waals surface area contributed by atoms with Gasteiger partial charge in [-0.05, 0) is 47.2 Å². The number of rotatable bonds is 3. The third-order valence-corrected chi connectivity index (χ3v) is 2.80. The van der Waals surface area contributed by atoms with Crippen LogP contribution in [0, 0.1) is 5.41 Å². The number of anilines is 2. The average molecular weight is 307 g/mol. The van der Waals surface area contributed by atoms with Crippen LogP contribution in [0.4, 0.5) is 11.4 Å². The van der Waals surface area contributed by atoms with Gasteiger partial charge in [-0.3, -0.25) is 0 Å². The zero-order chi connectivity index (χ0) is 9.84. The summed E-state index contributed by atoms with van der Waals surface area (Å²) in [4.78, 5) is 0. The van der Waals surface area contributed by atoms with E-state index in [-0.39, 0.29) is 0 Å². The summed E-state index contributed by atoms with van der Waals surface area (Å²) in [5.41, 5.74) is 8.79. The van der Waals surface area contributed by atoms with Crippen LogP contribution in [0.2, 0.25) is 0 Å². The molecule has 1 unspecified atom stereocenters. The van der Waals surface area contributed by atoms with E-state index < -0.39 is 0 Å². The van der Waals surface area contributed by atoms with Crippen molar-refractivity contribution in [3.63, 3.8) is 0 Å². The number of hydrogen-bond donors (Lipinski definition) is 3. The molecule has 0 saturated carbocycles. The van der Waals surface area contributed by atoms with Crippen molar-refractivity contribution in [1.82, 2.24) is 0 Å². The van der Waals surface area contributed by atoms with Crippen molar-refractivity contribution < 1.29 is 0 Å². The Balaban J connectivity index is 3.10. The Hall–Kier alpha value is -0.350. The van der Waals surface area contributed by atoms with E-state index in [0.29, 0.717) is 12.1 Å². The van der Waals surface area contributed by atoms with Crippen LogP contribution in [0.3, 0.4) is 0 Å². The quantitative estimate of drug-likeness (QED) is 0.348. The Bertz CT molecular complexity index is 327. The molecule has 4 N–H and O–H groups in total. The minimum Gasteiger partial charge on any atom is -0.399 e. The Labute approximate surface area is 92.3 Å². The molecule has 0 fully saturated rings. The van der Waals surface area contributed by atoms with Crippen molar-refractivity contribution in [3.05, 3.63) is 23.8 Å². The SMILES string of the molecule is CC(=N)c1ccc(N)cc1NPI. The van der Waals surface area contributed by atoms with Gasteiger partial charge in [0.2, 0.25) is 0 Å². The smallest absolute Gasteiger partial charge is 0.0488 e. The summed E-state index contributed by atoms with van der Waals surface area (Å²) in [6.45, 7) is 1.77. The monoisotopic (exact) mass is 307 g/mol. The highest BCUT2D eigenvalue weighted by Crippen LogP contribution is 2.28. The molecule has 1 aromatic carbocycles. The third kappa shape index (κ3) is 2.81. The van der Waals surface area contributed by atoms with E-state index in [2.05, 4.69) is 27.1 Å². The Morgan fingerprint density at radius 3 is 2.85 bits per heavy atom. The molecule has 0 amide bonds. The van der Waals surface area contributed by atoms with Crippen LogP contribution in [-0.4, -0.2) is 5.71 Å². The van der Waals surface area contributed by atoms with Gasteiger partial charge in [0.1, 0.15) is 0 Å². The third-order valence-electron chi connectivity index (χ3n) is 1.63. The van der Waals surface area contributed by atoms with Gasteiger partial charge in [0.25, 0.3) is 0 Å². The van der Waals surface area contributed by atoms with Crippen LogP contribution in [-0.2, 0) is 0 Å².